The Morgan fingerprint density at radius 2 is 2.08 bits per heavy atom. The fourth-order valence-corrected chi connectivity index (χ4v) is 0.893. The number of carbonyl (C=O) groups is 1. The second-order valence-corrected chi connectivity index (χ2v) is 2.51. The van der Waals surface area contributed by atoms with E-state index >= 15 is 0 Å². The summed E-state index contributed by atoms with van der Waals surface area (Å²) in [6, 6.07) is 3.86. The van der Waals surface area contributed by atoms with E-state index in [1.54, 1.807) is 5.18 Å². The van der Waals surface area contributed by atoms with Crippen molar-refractivity contribution in [2.75, 3.05) is 0 Å². The summed E-state index contributed by atoms with van der Waals surface area (Å²) in [5, 5.41) is 10.3. The summed E-state index contributed by atoms with van der Waals surface area (Å²) in [6.07, 6.45) is 0. The summed E-state index contributed by atoms with van der Waals surface area (Å²) in [5.74, 6) is -1.09. The second kappa shape index (κ2) is 4.54. The lowest BCUT2D eigenvalue weighted by molar-refractivity contribution is -0.379. The lowest BCUT2D eigenvalue weighted by Crippen LogP contribution is -2.56. The maximum atomic E-state index is 10.4. The Kier molecular flexibility index (Phi) is 4.03. The SMILES string of the molecule is O=[NH+]c1cc(C(=O)O)ccc1Cl.[OH-]. The molecule has 70 valence electrons. The third kappa shape index (κ3) is 2.50. The maximum absolute atomic E-state index is 10.4. The van der Waals surface area contributed by atoms with E-state index < -0.39 is 5.97 Å². The molecule has 0 aliphatic carbocycles. The van der Waals surface area contributed by atoms with Gasteiger partial charge in [-0.15, -0.1) is 0 Å². The van der Waals surface area contributed by atoms with E-state index in [2.05, 4.69) is 0 Å². The first kappa shape index (κ1) is 11.5. The fourth-order valence-electron chi connectivity index (χ4n) is 0.737. The molecule has 0 aliphatic rings. The van der Waals surface area contributed by atoms with E-state index in [1.165, 1.54) is 18.2 Å². The van der Waals surface area contributed by atoms with Gasteiger partial charge in [0.15, 0.2) is 0 Å². The predicted molar refractivity (Wildman–Crippen MR) is 44.3 cm³/mol. The monoisotopic (exact) mass is 203 g/mol. The van der Waals surface area contributed by atoms with Gasteiger partial charge in [0.25, 0.3) is 5.69 Å². The van der Waals surface area contributed by atoms with Gasteiger partial charge in [-0.05, 0) is 12.1 Å². The van der Waals surface area contributed by atoms with Crippen LogP contribution in [-0.4, -0.2) is 16.6 Å². The number of rotatable bonds is 2. The molecule has 0 spiro atoms. The number of nitrogens with one attached hydrogen (secondary N) is 1. The van der Waals surface area contributed by atoms with Crippen molar-refractivity contribution in [3.8, 4) is 0 Å². The summed E-state index contributed by atoms with van der Waals surface area (Å²) in [4.78, 5) is 20.6. The van der Waals surface area contributed by atoms with Crippen LogP contribution < -0.4 is 5.18 Å². The van der Waals surface area contributed by atoms with Gasteiger partial charge in [-0.3, -0.25) is 0 Å². The summed E-state index contributed by atoms with van der Waals surface area (Å²) in [6.45, 7) is 0. The summed E-state index contributed by atoms with van der Waals surface area (Å²) in [7, 11) is 0. The number of carboxylic acids is 1. The maximum Gasteiger partial charge on any atom is 0.335 e. The molecule has 0 fully saturated rings. The van der Waals surface area contributed by atoms with Gasteiger partial charge in [0, 0.05) is 16.2 Å². The summed E-state index contributed by atoms with van der Waals surface area (Å²) < 4.78 is 0. The molecule has 1 rings (SSSR count). The summed E-state index contributed by atoms with van der Waals surface area (Å²) in [5.41, 5.74) is 0.0920. The molecule has 0 saturated heterocycles. The van der Waals surface area contributed by atoms with Crippen molar-refractivity contribution in [2.24, 2.45) is 0 Å². The molecule has 3 N–H and O–H groups in total. The predicted octanol–water partition coefficient (Wildman–Crippen LogP) is 0.340. The number of benzene rings is 1. The fraction of sp³-hybridized carbons (Fsp3) is 0. The van der Waals surface area contributed by atoms with Crippen molar-refractivity contribution in [1.82, 2.24) is 0 Å². The highest BCUT2D eigenvalue weighted by atomic mass is 35.5. The zero-order valence-electron chi connectivity index (χ0n) is 6.32. The molecule has 0 radical (unpaired) electrons. The van der Waals surface area contributed by atoms with Gasteiger partial charge in [-0.2, -0.15) is 0 Å². The van der Waals surface area contributed by atoms with Crippen LogP contribution >= 0.6 is 11.6 Å². The highest BCUT2D eigenvalue weighted by Crippen LogP contribution is 2.17. The van der Waals surface area contributed by atoms with E-state index in [4.69, 9.17) is 16.7 Å². The molecule has 0 bridgehead atoms. The number of hydrogen-bond acceptors (Lipinski definition) is 3. The molecule has 5 nitrogen and oxygen atoms in total. The van der Waals surface area contributed by atoms with Gasteiger partial charge in [-0.25, -0.2) is 4.79 Å². The van der Waals surface area contributed by atoms with Crippen molar-refractivity contribution in [1.29, 1.82) is 0 Å². The number of carboxylic acid groups (broad SMARTS) is 1. The minimum absolute atomic E-state index is 0. The Balaban J connectivity index is 0.00000144. The van der Waals surface area contributed by atoms with E-state index in [9.17, 15) is 9.70 Å². The van der Waals surface area contributed by atoms with Crippen LogP contribution in [0.15, 0.2) is 18.2 Å². The number of nitroso groups, excluding NO2 is 1. The van der Waals surface area contributed by atoms with E-state index in [-0.39, 0.29) is 21.7 Å². The van der Waals surface area contributed by atoms with Gasteiger partial charge >= 0.3 is 5.97 Å². The number of hydrogen-bond donors (Lipinski definition) is 2. The standard InChI is InChI=1S/C7H4ClNO3.H2O/c8-5-2-1-4(7(10)11)3-6(5)9-12;/h1-3H,(H,10,11);1H2. The highest BCUT2D eigenvalue weighted by Gasteiger charge is 2.10. The van der Waals surface area contributed by atoms with Crippen molar-refractivity contribution >= 4 is 23.3 Å². The Morgan fingerprint density at radius 1 is 1.46 bits per heavy atom. The third-order valence-corrected chi connectivity index (χ3v) is 1.65. The van der Waals surface area contributed by atoms with E-state index in [0.29, 0.717) is 0 Å². The molecule has 0 unspecified atom stereocenters. The van der Waals surface area contributed by atoms with Crippen molar-refractivity contribution in [3.63, 3.8) is 0 Å². The normalized spacial score (nSPS) is 8.69. The molecular weight excluding hydrogens is 198 g/mol. The first-order valence-corrected chi connectivity index (χ1v) is 3.44. The molecule has 1 aromatic carbocycles. The zero-order valence-corrected chi connectivity index (χ0v) is 7.08. The van der Waals surface area contributed by atoms with Gasteiger partial charge in [0.05, 0.1) is 5.56 Å². The Morgan fingerprint density at radius 3 is 2.54 bits per heavy atom. The van der Waals surface area contributed by atoms with E-state index in [0.717, 1.165) is 0 Å². The van der Waals surface area contributed by atoms with Crippen LogP contribution in [-0.2, 0) is 0 Å². The molecule has 6 heteroatoms. The molecule has 0 saturated carbocycles. The molecule has 0 heterocycles. The summed E-state index contributed by atoms with van der Waals surface area (Å²) >= 11 is 5.55. The van der Waals surface area contributed by atoms with Crippen molar-refractivity contribution < 1.29 is 20.6 Å². The highest BCUT2D eigenvalue weighted by molar-refractivity contribution is 6.32. The van der Waals surface area contributed by atoms with Gasteiger partial charge in [-0.1, -0.05) is 11.6 Å². The van der Waals surface area contributed by atoms with Crippen molar-refractivity contribution in [3.05, 3.63) is 33.7 Å². The Bertz CT molecular complexity index is 339. The van der Waals surface area contributed by atoms with Crippen LogP contribution in [0, 0.1) is 4.91 Å². The van der Waals surface area contributed by atoms with Gasteiger partial charge in [0.2, 0.25) is 0 Å². The lowest BCUT2D eigenvalue weighted by Gasteiger charge is -1.92. The van der Waals surface area contributed by atoms with Crippen molar-refractivity contribution in [2.45, 2.75) is 0 Å². The van der Waals surface area contributed by atoms with Gasteiger partial charge < -0.3 is 10.6 Å². The lowest BCUT2D eigenvalue weighted by atomic mass is 10.2. The molecule has 13 heavy (non-hydrogen) atoms. The molecule has 0 atom stereocenters. The second-order valence-electron chi connectivity index (χ2n) is 2.10. The molecule has 0 aliphatic heterocycles. The quantitative estimate of drug-likeness (QED) is 0.724. The first-order chi connectivity index (χ1) is 5.65. The van der Waals surface area contributed by atoms with Crippen LogP contribution in [0.25, 0.3) is 0 Å². The Labute approximate surface area is 78.2 Å². The van der Waals surface area contributed by atoms with Gasteiger partial charge in [0.1, 0.15) is 5.02 Å². The largest absolute Gasteiger partial charge is 0.870 e. The number of halogens is 1. The third-order valence-electron chi connectivity index (χ3n) is 1.32. The van der Waals surface area contributed by atoms with Crippen LogP contribution in [0.3, 0.4) is 0 Å². The topological polar surface area (TPSA) is 98.3 Å². The van der Waals surface area contributed by atoms with E-state index in [1.807, 2.05) is 0 Å². The molecule has 0 amide bonds. The minimum Gasteiger partial charge on any atom is -0.870 e. The number of aromatic carboxylic acids is 1. The van der Waals surface area contributed by atoms with Crippen LogP contribution in [0.4, 0.5) is 5.69 Å². The minimum atomic E-state index is -1.09. The first-order valence-electron chi connectivity index (χ1n) is 3.06. The van der Waals surface area contributed by atoms with Crippen LogP contribution in [0.5, 0.6) is 0 Å². The molecule has 0 aromatic heterocycles. The average molecular weight is 204 g/mol. The molecule has 1 aromatic rings. The Hall–Kier alpha value is -1.46. The molecular formula is C7H6ClNO4. The zero-order chi connectivity index (χ0) is 9.14. The van der Waals surface area contributed by atoms with Crippen LogP contribution in [0.2, 0.25) is 5.02 Å². The smallest absolute Gasteiger partial charge is 0.335 e. The average Bonchev–Trinajstić information content (AvgIpc) is 2.05. The van der Waals surface area contributed by atoms with Crippen LogP contribution in [0.1, 0.15) is 10.4 Å².